The molecule has 3 nitrogen and oxygen atoms in total. The molecule has 0 aromatic carbocycles. The van der Waals surface area contributed by atoms with Gasteiger partial charge in [-0.15, -0.1) is 0 Å². The van der Waals surface area contributed by atoms with Gasteiger partial charge in [0.2, 0.25) is 0 Å². The molecule has 2 unspecified atom stereocenters. The molecule has 0 saturated heterocycles. The zero-order valence-electron chi connectivity index (χ0n) is 7.46. The fourth-order valence-corrected chi connectivity index (χ4v) is 1.77. The minimum atomic E-state index is -0.764. The normalized spacial score (nSPS) is 35.0. The van der Waals surface area contributed by atoms with Gasteiger partial charge in [-0.25, -0.2) is 0 Å². The molecule has 3 heteroatoms. The number of carbonyl (C=O) groups excluding carboxylic acids is 1. The molecule has 1 N–H and O–H groups in total. The minimum Gasteiger partial charge on any atom is -0.481 e. The molecule has 0 heterocycles. The van der Waals surface area contributed by atoms with Crippen LogP contribution in [0.3, 0.4) is 0 Å². The Morgan fingerprint density at radius 2 is 2.08 bits per heavy atom. The lowest BCUT2D eigenvalue weighted by Crippen LogP contribution is -2.23. The Labute approximate surface area is 71.8 Å². The van der Waals surface area contributed by atoms with E-state index < -0.39 is 5.97 Å². The van der Waals surface area contributed by atoms with E-state index in [4.69, 9.17) is 5.11 Å². The number of rotatable bonds is 2. The van der Waals surface area contributed by atoms with E-state index in [2.05, 4.69) is 0 Å². The first kappa shape index (κ1) is 9.23. The molecule has 1 fully saturated rings. The zero-order chi connectivity index (χ0) is 9.35. The standard InChI is InChI=1S/C9H14O3/c1-6(10)9(2)4-3-7(5-9)8(11)12/h7H,3-5H2,1-2H3,(H,11,12). The lowest BCUT2D eigenvalue weighted by molar-refractivity contribution is -0.141. The molecule has 0 spiro atoms. The molecule has 1 rings (SSSR count). The number of hydrogen-bond acceptors (Lipinski definition) is 2. The van der Waals surface area contributed by atoms with Crippen LogP contribution >= 0.6 is 0 Å². The summed E-state index contributed by atoms with van der Waals surface area (Å²) in [5, 5.41) is 8.72. The molecule has 1 aliphatic rings. The summed E-state index contributed by atoms with van der Waals surface area (Å²) in [4.78, 5) is 21.7. The van der Waals surface area contributed by atoms with E-state index in [-0.39, 0.29) is 17.1 Å². The third kappa shape index (κ3) is 1.49. The van der Waals surface area contributed by atoms with Crippen LogP contribution in [0.15, 0.2) is 0 Å². The summed E-state index contributed by atoms with van der Waals surface area (Å²) >= 11 is 0. The second-order valence-electron chi connectivity index (χ2n) is 3.89. The third-order valence-corrected chi connectivity index (χ3v) is 2.94. The van der Waals surface area contributed by atoms with Crippen LogP contribution in [-0.4, -0.2) is 16.9 Å². The van der Waals surface area contributed by atoms with E-state index in [1.807, 2.05) is 6.92 Å². The molecule has 12 heavy (non-hydrogen) atoms. The van der Waals surface area contributed by atoms with Crippen molar-refractivity contribution in [3.05, 3.63) is 0 Å². The average molecular weight is 170 g/mol. The minimum absolute atomic E-state index is 0.117. The van der Waals surface area contributed by atoms with Crippen molar-refractivity contribution in [2.24, 2.45) is 11.3 Å². The summed E-state index contributed by atoms with van der Waals surface area (Å²) in [6.07, 6.45) is 1.88. The predicted octanol–water partition coefficient (Wildman–Crippen LogP) is 1.47. The molecule has 0 aliphatic heterocycles. The van der Waals surface area contributed by atoms with Crippen LogP contribution in [0.5, 0.6) is 0 Å². The maximum absolute atomic E-state index is 11.1. The maximum atomic E-state index is 11.1. The lowest BCUT2D eigenvalue weighted by atomic mass is 9.84. The van der Waals surface area contributed by atoms with Gasteiger partial charge in [-0.1, -0.05) is 6.92 Å². The number of carbonyl (C=O) groups is 2. The van der Waals surface area contributed by atoms with Crippen LogP contribution < -0.4 is 0 Å². The van der Waals surface area contributed by atoms with Gasteiger partial charge in [0.25, 0.3) is 0 Å². The molecule has 68 valence electrons. The fraction of sp³-hybridized carbons (Fsp3) is 0.778. The number of ketones is 1. The smallest absolute Gasteiger partial charge is 0.306 e. The molecule has 1 aliphatic carbocycles. The highest BCUT2D eigenvalue weighted by atomic mass is 16.4. The van der Waals surface area contributed by atoms with Crippen LogP contribution in [0, 0.1) is 11.3 Å². The highest BCUT2D eigenvalue weighted by Crippen LogP contribution is 2.42. The Kier molecular flexibility index (Phi) is 2.22. The average Bonchev–Trinajstić information content (AvgIpc) is 2.33. The number of Topliss-reactive ketones (excluding diaryl/α,β-unsaturated/α-hetero) is 1. The Morgan fingerprint density at radius 1 is 1.50 bits per heavy atom. The highest BCUT2D eigenvalue weighted by Gasteiger charge is 2.41. The summed E-state index contributed by atoms with van der Waals surface area (Å²) in [5.41, 5.74) is -0.372. The Bertz CT molecular complexity index is 222. The van der Waals surface area contributed by atoms with Crippen LogP contribution in [0.4, 0.5) is 0 Å². The molecule has 0 bridgehead atoms. The Balaban J connectivity index is 2.67. The zero-order valence-corrected chi connectivity index (χ0v) is 7.46. The summed E-state index contributed by atoms with van der Waals surface area (Å²) < 4.78 is 0. The molecule has 0 aromatic heterocycles. The first-order valence-electron chi connectivity index (χ1n) is 4.19. The summed E-state index contributed by atoms with van der Waals surface area (Å²) in [6, 6.07) is 0. The van der Waals surface area contributed by atoms with Crippen molar-refractivity contribution < 1.29 is 14.7 Å². The van der Waals surface area contributed by atoms with Gasteiger partial charge >= 0.3 is 5.97 Å². The largest absolute Gasteiger partial charge is 0.481 e. The Hall–Kier alpha value is -0.860. The van der Waals surface area contributed by atoms with E-state index in [0.717, 1.165) is 6.42 Å². The van der Waals surface area contributed by atoms with Crippen molar-refractivity contribution in [2.45, 2.75) is 33.1 Å². The van der Waals surface area contributed by atoms with Gasteiger partial charge in [-0.05, 0) is 26.2 Å². The van der Waals surface area contributed by atoms with Crippen molar-refractivity contribution in [3.8, 4) is 0 Å². The van der Waals surface area contributed by atoms with Crippen molar-refractivity contribution in [1.82, 2.24) is 0 Å². The van der Waals surface area contributed by atoms with Gasteiger partial charge in [-0.2, -0.15) is 0 Å². The topological polar surface area (TPSA) is 54.4 Å². The highest BCUT2D eigenvalue weighted by molar-refractivity contribution is 5.83. The van der Waals surface area contributed by atoms with Crippen LogP contribution in [0.1, 0.15) is 33.1 Å². The van der Waals surface area contributed by atoms with Crippen molar-refractivity contribution >= 4 is 11.8 Å². The number of carboxylic acids is 1. The van der Waals surface area contributed by atoms with Gasteiger partial charge in [0.15, 0.2) is 0 Å². The molecule has 0 amide bonds. The van der Waals surface area contributed by atoms with E-state index in [0.29, 0.717) is 12.8 Å². The Morgan fingerprint density at radius 3 is 2.33 bits per heavy atom. The summed E-state index contributed by atoms with van der Waals surface area (Å²) in [6.45, 7) is 3.41. The van der Waals surface area contributed by atoms with Gasteiger partial charge < -0.3 is 5.11 Å². The van der Waals surface area contributed by atoms with Crippen molar-refractivity contribution in [3.63, 3.8) is 0 Å². The molecule has 1 saturated carbocycles. The SMILES string of the molecule is CC(=O)C1(C)CCC(C(=O)O)C1. The second-order valence-corrected chi connectivity index (χ2v) is 3.89. The predicted molar refractivity (Wildman–Crippen MR) is 43.8 cm³/mol. The van der Waals surface area contributed by atoms with Crippen LogP contribution in [0.2, 0.25) is 0 Å². The van der Waals surface area contributed by atoms with Gasteiger partial charge in [-0.3, -0.25) is 9.59 Å². The molecular formula is C9H14O3. The lowest BCUT2D eigenvalue weighted by Gasteiger charge is -2.18. The second kappa shape index (κ2) is 2.88. The quantitative estimate of drug-likeness (QED) is 0.682. The van der Waals surface area contributed by atoms with Gasteiger partial charge in [0.05, 0.1) is 5.92 Å². The van der Waals surface area contributed by atoms with Crippen LogP contribution in [0.25, 0.3) is 0 Å². The van der Waals surface area contributed by atoms with E-state index in [9.17, 15) is 9.59 Å². The van der Waals surface area contributed by atoms with Crippen molar-refractivity contribution in [2.75, 3.05) is 0 Å². The van der Waals surface area contributed by atoms with E-state index >= 15 is 0 Å². The molecule has 2 atom stereocenters. The van der Waals surface area contributed by atoms with E-state index in [1.54, 1.807) is 6.92 Å². The summed E-state index contributed by atoms with van der Waals surface area (Å²) in [5.74, 6) is -0.954. The summed E-state index contributed by atoms with van der Waals surface area (Å²) in [7, 11) is 0. The molecule has 0 radical (unpaired) electrons. The number of carboxylic acid groups (broad SMARTS) is 1. The van der Waals surface area contributed by atoms with Crippen LogP contribution in [-0.2, 0) is 9.59 Å². The molecule has 0 aromatic rings. The monoisotopic (exact) mass is 170 g/mol. The number of aliphatic carboxylic acids is 1. The van der Waals surface area contributed by atoms with Gasteiger partial charge in [0.1, 0.15) is 5.78 Å². The van der Waals surface area contributed by atoms with E-state index in [1.165, 1.54) is 0 Å². The van der Waals surface area contributed by atoms with Gasteiger partial charge in [0, 0.05) is 5.41 Å². The fourth-order valence-electron chi connectivity index (χ4n) is 1.77. The molecular weight excluding hydrogens is 156 g/mol. The first-order chi connectivity index (χ1) is 5.46. The first-order valence-corrected chi connectivity index (χ1v) is 4.19. The third-order valence-electron chi connectivity index (χ3n) is 2.94. The van der Waals surface area contributed by atoms with Crippen molar-refractivity contribution in [1.29, 1.82) is 0 Å². The number of hydrogen-bond donors (Lipinski definition) is 1. The maximum Gasteiger partial charge on any atom is 0.306 e.